The second-order valence-corrected chi connectivity index (χ2v) is 4.87. The van der Waals surface area contributed by atoms with Gasteiger partial charge in [-0.15, -0.1) is 0 Å². The zero-order valence-corrected chi connectivity index (χ0v) is 10.1. The van der Waals surface area contributed by atoms with Crippen molar-refractivity contribution in [2.75, 3.05) is 19.6 Å². The van der Waals surface area contributed by atoms with Crippen molar-refractivity contribution >= 4 is 5.91 Å². The summed E-state index contributed by atoms with van der Waals surface area (Å²) in [7, 11) is 0. The molecule has 0 saturated carbocycles. The van der Waals surface area contributed by atoms with Crippen LogP contribution in [0.4, 0.5) is 0 Å². The number of carbonyl (C=O) groups excluding carboxylic acids is 1. The molecule has 1 atom stereocenters. The monoisotopic (exact) mass is 222 g/mol. The Balaban J connectivity index is 1.85. The predicted octanol–water partition coefficient (Wildman–Crippen LogP) is 1.55. The van der Waals surface area contributed by atoms with Gasteiger partial charge in [0.2, 0.25) is 5.91 Å². The Kier molecular flexibility index (Phi) is 3.99. The number of carbonyl (C=O) groups is 1. The van der Waals surface area contributed by atoms with Gasteiger partial charge in [-0.25, -0.2) is 0 Å². The zero-order valence-electron chi connectivity index (χ0n) is 10.1. The topological polar surface area (TPSA) is 32.3 Å². The van der Waals surface area contributed by atoms with Gasteiger partial charge in [-0.2, -0.15) is 0 Å². The molecule has 0 aromatic heterocycles. The lowest BCUT2D eigenvalue weighted by Crippen LogP contribution is -2.59. The number of hydrogen-bond acceptors (Lipinski definition) is 2. The van der Waals surface area contributed by atoms with E-state index in [-0.39, 0.29) is 0 Å². The van der Waals surface area contributed by atoms with Gasteiger partial charge in [0.25, 0.3) is 0 Å². The van der Waals surface area contributed by atoms with E-state index in [1.165, 1.54) is 0 Å². The normalized spacial score (nSPS) is 24.4. The van der Waals surface area contributed by atoms with Crippen LogP contribution in [-0.2, 0) is 4.79 Å². The first-order valence-corrected chi connectivity index (χ1v) is 6.48. The fourth-order valence-electron chi connectivity index (χ4n) is 2.45. The Bertz CT molecular complexity index is 271. The molecule has 1 amide bonds. The highest BCUT2D eigenvalue weighted by atomic mass is 16.2. The maximum absolute atomic E-state index is 12.2. The summed E-state index contributed by atoms with van der Waals surface area (Å²) in [4.78, 5) is 14.3. The second kappa shape index (κ2) is 5.48. The number of hydrogen-bond donors (Lipinski definition) is 1. The minimum absolute atomic E-state index is 0.352. The molecule has 2 rings (SSSR count). The van der Waals surface area contributed by atoms with Gasteiger partial charge in [0.05, 0.1) is 6.04 Å². The molecule has 1 saturated heterocycles. The van der Waals surface area contributed by atoms with Crippen molar-refractivity contribution in [2.24, 2.45) is 5.92 Å². The van der Waals surface area contributed by atoms with Gasteiger partial charge in [-0.1, -0.05) is 19.1 Å². The van der Waals surface area contributed by atoms with Crippen LogP contribution in [0.15, 0.2) is 12.2 Å². The fourth-order valence-corrected chi connectivity index (χ4v) is 2.45. The van der Waals surface area contributed by atoms with Gasteiger partial charge in [0.1, 0.15) is 0 Å². The maximum Gasteiger partial charge on any atom is 0.223 e. The first-order valence-electron chi connectivity index (χ1n) is 6.48. The highest BCUT2D eigenvalue weighted by Gasteiger charge is 2.28. The molecule has 16 heavy (non-hydrogen) atoms. The highest BCUT2D eigenvalue weighted by Crippen LogP contribution is 2.22. The SMILES string of the molecule is CCCN(C(=O)CC1C=CCC1)C1CNC1. The van der Waals surface area contributed by atoms with Crippen molar-refractivity contribution in [1.82, 2.24) is 10.2 Å². The summed E-state index contributed by atoms with van der Waals surface area (Å²) < 4.78 is 0. The van der Waals surface area contributed by atoms with Crippen LogP contribution in [0.5, 0.6) is 0 Å². The number of rotatable bonds is 5. The summed E-state index contributed by atoms with van der Waals surface area (Å²) >= 11 is 0. The van der Waals surface area contributed by atoms with Crippen LogP contribution in [0.1, 0.15) is 32.6 Å². The summed E-state index contributed by atoms with van der Waals surface area (Å²) in [5.41, 5.74) is 0. The summed E-state index contributed by atoms with van der Waals surface area (Å²) in [6.45, 7) is 5.02. The highest BCUT2D eigenvalue weighted by molar-refractivity contribution is 5.77. The van der Waals surface area contributed by atoms with E-state index >= 15 is 0 Å². The quantitative estimate of drug-likeness (QED) is 0.716. The first-order chi connectivity index (χ1) is 7.81. The molecule has 0 aromatic carbocycles. The van der Waals surface area contributed by atoms with E-state index in [1.807, 2.05) is 0 Å². The number of allylic oxidation sites excluding steroid dienone is 2. The molecule has 0 bridgehead atoms. The fraction of sp³-hybridized carbons (Fsp3) is 0.769. The minimum Gasteiger partial charge on any atom is -0.337 e. The average Bonchev–Trinajstić information content (AvgIpc) is 2.67. The smallest absolute Gasteiger partial charge is 0.223 e. The molecule has 1 unspecified atom stereocenters. The Hall–Kier alpha value is -0.830. The van der Waals surface area contributed by atoms with Crippen LogP contribution < -0.4 is 5.32 Å². The molecule has 0 aromatic rings. The third kappa shape index (κ3) is 2.64. The lowest BCUT2D eigenvalue weighted by molar-refractivity contribution is -0.135. The molecule has 2 aliphatic rings. The van der Waals surface area contributed by atoms with Crippen LogP contribution in [0, 0.1) is 5.92 Å². The molecule has 3 heteroatoms. The Labute approximate surface area is 97.9 Å². The van der Waals surface area contributed by atoms with Gasteiger partial charge in [0, 0.05) is 26.1 Å². The van der Waals surface area contributed by atoms with E-state index in [0.29, 0.717) is 24.3 Å². The standard InChI is InChI=1S/C13H22N2O/c1-2-7-15(12-9-14-10-12)13(16)8-11-5-3-4-6-11/h3,5,11-12,14H,2,4,6-10H2,1H3. The third-order valence-electron chi connectivity index (χ3n) is 3.53. The van der Waals surface area contributed by atoms with E-state index < -0.39 is 0 Å². The molecule has 0 spiro atoms. The summed E-state index contributed by atoms with van der Waals surface area (Å²) in [6.07, 6.45) is 8.50. The van der Waals surface area contributed by atoms with Crippen molar-refractivity contribution in [1.29, 1.82) is 0 Å². The third-order valence-corrected chi connectivity index (χ3v) is 3.53. The predicted molar refractivity (Wildman–Crippen MR) is 65.1 cm³/mol. The van der Waals surface area contributed by atoms with Crippen molar-refractivity contribution in [2.45, 2.75) is 38.6 Å². The Morgan fingerprint density at radius 1 is 1.50 bits per heavy atom. The van der Waals surface area contributed by atoms with Gasteiger partial charge in [-0.3, -0.25) is 4.79 Å². The summed E-state index contributed by atoms with van der Waals surface area (Å²) in [6, 6.07) is 0.456. The van der Waals surface area contributed by atoms with Crippen LogP contribution in [0.25, 0.3) is 0 Å². The van der Waals surface area contributed by atoms with E-state index in [4.69, 9.17) is 0 Å². The Morgan fingerprint density at radius 3 is 2.81 bits per heavy atom. The minimum atomic E-state index is 0.352. The van der Waals surface area contributed by atoms with Crippen LogP contribution in [0.3, 0.4) is 0 Å². The van der Waals surface area contributed by atoms with Crippen LogP contribution >= 0.6 is 0 Å². The number of nitrogens with one attached hydrogen (secondary N) is 1. The largest absolute Gasteiger partial charge is 0.337 e. The van der Waals surface area contributed by atoms with Gasteiger partial charge < -0.3 is 10.2 Å². The first kappa shape index (κ1) is 11.6. The van der Waals surface area contributed by atoms with E-state index in [2.05, 4.69) is 29.3 Å². The molecule has 1 heterocycles. The molecule has 1 N–H and O–H groups in total. The average molecular weight is 222 g/mol. The lowest BCUT2D eigenvalue weighted by atomic mass is 10.0. The number of amides is 1. The summed E-state index contributed by atoms with van der Waals surface area (Å²) in [5, 5.41) is 3.24. The van der Waals surface area contributed by atoms with Crippen LogP contribution in [0.2, 0.25) is 0 Å². The lowest BCUT2D eigenvalue weighted by Gasteiger charge is -2.38. The Morgan fingerprint density at radius 2 is 2.31 bits per heavy atom. The molecule has 0 radical (unpaired) electrons. The van der Waals surface area contributed by atoms with Crippen molar-refractivity contribution in [3.63, 3.8) is 0 Å². The maximum atomic E-state index is 12.2. The van der Waals surface area contributed by atoms with Crippen molar-refractivity contribution < 1.29 is 4.79 Å². The molecule has 90 valence electrons. The molecule has 1 fully saturated rings. The number of nitrogens with zero attached hydrogens (tertiary/aromatic N) is 1. The molecular formula is C13H22N2O. The van der Waals surface area contributed by atoms with Crippen molar-refractivity contribution in [3.8, 4) is 0 Å². The van der Waals surface area contributed by atoms with Gasteiger partial charge in [0.15, 0.2) is 0 Å². The van der Waals surface area contributed by atoms with Crippen molar-refractivity contribution in [3.05, 3.63) is 12.2 Å². The zero-order chi connectivity index (χ0) is 11.4. The molecular weight excluding hydrogens is 200 g/mol. The summed E-state index contributed by atoms with van der Waals surface area (Å²) in [5.74, 6) is 0.852. The van der Waals surface area contributed by atoms with E-state index in [0.717, 1.165) is 38.9 Å². The second-order valence-electron chi connectivity index (χ2n) is 4.87. The van der Waals surface area contributed by atoms with Gasteiger partial charge in [-0.05, 0) is 25.2 Å². The van der Waals surface area contributed by atoms with Gasteiger partial charge >= 0.3 is 0 Å². The molecule has 1 aliphatic carbocycles. The molecule has 1 aliphatic heterocycles. The van der Waals surface area contributed by atoms with E-state index in [1.54, 1.807) is 0 Å². The molecule has 3 nitrogen and oxygen atoms in total. The van der Waals surface area contributed by atoms with E-state index in [9.17, 15) is 4.79 Å². The van der Waals surface area contributed by atoms with Crippen LogP contribution in [-0.4, -0.2) is 36.5 Å².